The Labute approximate surface area is 206 Å². The molecule has 1 aromatic heterocycles. The van der Waals surface area contributed by atoms with Gasteiger partial charge in [0.1, 0.15) is 0 Å². The lowest BCUT2D eigenvalue weighted by atomic mass is 9.94. The molecule has 0 saturated carbocycles. The molecule has 0 atom stereocenters. The predicted molar refractivity (Wildman–Crippen MR) is 130 cm³/mol. The number of aromatic nitrogens is 2. The number of hydrogen-bond acceptors (Lipinski definition) is 6. The lowest BCUT2D eigenvalue weighted by molar-refractivity contribution is -0.137. The molecule has 0 unspecified atom stereocenters. The van der Waals surface area contributed by atoms with E-state index in [1.165, 1.54) is 6.07 Å². The molecule has 0 fully saturated rings. The van der Waals surface area contributed by atoms with Crippen molar-refractivity contribution in [3.8, 4) is 34.0 Å². The van der Waals surface area contributed by atoms with Crippen LogP contribution in [0.25, 0.3) is 34.0 Å². The fraction of sp³-hybridized carbons (Fsp3) is 0.259. The van der Waals surface area contributed by atoms with E-state index in [-0.39, 0.29) is 42.1 Å². The summed E-state index contributed by atoms with van der Waals surface area (Å²) in [6.45, 7) is 1.98. The number of aliphatic hydroxyl groups is 2. The maximum Gasteiger partial charge on any atom is 0.417 e. The van der Waals surface area contributed by atoms with Gasteiger partial charge in [-0.15, -0.1) is 0 Å². The molecular weight excluding hydrogens is 471 g/mol. The Morgan fingerprint density at radius 1 is 0.917 bits per heavy atom. The van der Waals surface area contributed by atoms with Gasteiger partial charge in [-0.3, -0.25) is 4.90 Å². The number of alkyl halides is 3. The molecule has 4 rings (SSSR count). The second-order valence-corrected chi connectivity index (χ2v) is 8.63. The molecule has 0 saturated heterocycles. The standard InChI is InChI=1S/C27H26F3N3O3/c1-17-5-3-4-6-22(17)23-12-11-20(13-24(23)27(28,29)30)26-31-25(32-36-26)19-9-7-18(8-10-19)14-33(2)21(15-34)16-35/h3-13,21,34-35H,14-16H2,1-2H3. The van der Waals surface area contributed by atoms with Gasteiger partial charge in [-0.2, -0.15) is 18.2 Å². The van der Waals surface area contributed by atoms with Crippen LogP contribution in [0.4, 0.5) is 13.2 Å². The molecule has 188 valence electrons. The molecule has 3 aromatic carbocycles. The molecular formula is C27H26F3N3O3. The molecule has 6 nitrogen and oxygen atoms in total. The van der Waals surface area contributed by atoms with Crippen molar-refractivity contribution in [1.29, 1.82) is 0 Å². The highest BCUT2D eigenvalue weighted by Crippen LogP contribution is 2.40. The molecule has 0 spiro atoms. The normalized spacial score (nSPS) is 12.0. The van der Waals surface area contributed by atoms with Crippen LogP contribution in [0, 0.1) is 6.92 Å². The topological polar surface area (TPSA) is 82.6 Å². The minimum atomic E-state index is -4.56. The van der Waals surface area contributed by atoms with Crippen LogP contribution in [-0.2, 0) is 12.7 Å². The quantitative estimate of drug-likeness (QED) is 0.349. The molecule has 9 heteroatoms. The van der Waals surface area contributed by atoms with Gasteiger partial charge < -0.3 is 14.7 Å². The van der Waals surface area contributed by atoms with Gasteiger partial charge >= 0.3 is 6.18 Å². The first kappa shape index (κ1) is 25.6. The minimum absolute atomic E-state index is 0.00984. The van der Waals surface area contributed by atoms with E-state index in [1.54, 1.807) is 56.4 Å². The lowest BCUT2D eigenvalue weighted by Crippen LogP contribution is -2.37. The van der Waals surface area contributed by atoms with Gasteiger partial charge in [0.15, 0.2) is 0 Å². The van der Waals surface area contributed by atoms with E-state index in [0.29, 0.717) is 17.7 Å². The van der Waals surface area contributed by atoms with Crippen molar-refractivity contribution in [2.45, 2.75) is 25.7 Å². The molecule has 0 aliphatic carbocycles. The zero-order chi connectivity index (χ0) is 25.9. The Morgan fingerprint density at radius 3 is 2.22 bits per heavy atom. The number of hydrogen-bond donors (Lipinski definition) is 2. The monoisotopic (exact) mass is 497 g/mol. The number of benzene rings is 3. The highest BCUT2D eigenvalue weighted by molar-refractivity contribution is 5.74. The molecule has 1 heterocycles. The Bertz CT molecular complexity index is 1320. The van der Waals surface area contributed by atoms with Crippen LogP contribution in [0.1, 0.15) is 16.7 Å². The first-order valence-corrected chi connectivity index (χ1v) is 11.3. The first-order valence-electron chi connectivity index (χ1n) is 11.3. The van der Waals surface area contributed by atoms with E-state index in [1.807, 2.05) is 17.0 Å². The second-order valence-electron chi connectivity index (χ2n) is 8.63. The molecule has 0 aliphatic rings. The van der Waals surface area contributed by atoms with Crippen molar-refractivity contribution in [3.05, 3.63) is 83.4 Å². The summed E-state index contributed by atoms with van der Waals surface area (Å²) in [7, 11) is 1.80. The second kappa shape index (κ2) is 10.6. The average Bonchev–Trinajstić information content (AvgIpc) is 3.35. The van der Waals surface area contributed by atoms with Gasteiger partial charge in [-0.25, -0.2) is 0 Å². The lowest BCUT2D eigenvalue weighted by Gasteiger charge is -2.24. The molecule has 0 aliphatic heterocycles. The first-order chi connectivity index (χ1) is 17.2. The molecule has 0 bridgehead atoms. The van der Waals surface area contributed by atoms with E-state index in [4.69, 9.17) is 4.52 Å². The fourth-order valence-corrected chi connectivity index (χ4v) is 3.99. The maximum atomic E-state index is 14.0. The average molecular weight is 498 g/mol. The van der Waals surface area contributed by atoms with Gasteiger partial charge in [-0.05, 0) is 48.4 Å². The van der Waals surface area contributed by atoms with Crippen molar-refractivity contribution in [1.82, 2.24) is 15.0 Å². The predicted octanol–water partition coefficient (Wildman–Crippen LogP) is 5.18. The zero-order valence-corrected chi connectivity index (χ0v) is 19.8. The van der Waals surface area contributed by atoms with Gasteiger partial charge in [0.25, 0.3) is 5.89 Å². The van der Waals surface area contributed by atoms with Gasteiger partial charge in [-0.1, -0.05) is 59.8 Å². The number of aryl methyl sites for hydroxylation is 1. The Morgan fingerprint density at radius 2 is 1.58 bits per heavy atom. The molecule has 4 aromatic rings. The van der Waals surface area contributed by atoms with Crippen molar-refractivity contribution in [3.63, 3.8) is 0 Å². The highest BCUT2D eigenvalue weighted by Gasteiger charge is 2.34. The summed E-state index contributed by atoms with van der Waals surface area (Å²) >= 11 is 0. The number of likely N-dealkylation sites (N-methyl/N-ethyl adjacent to an activating group) is 1. The highest BCUT2D eigenvalue weighted by atomic mass is 19.4. The van der Waals surface area contributed by atoms with E-state index >= 15 is 0 Å². The summed E-state index contributed by atoms with van der Waals surface area (Å²) in [5, 5.41) is 22.6. The number of aliphatic hydroxyl groups excluding tert-OH is 2. The fourth-order valence-electron chi connectivity index (χ4n) is 3.99. The van der Waals surface area contributed by atoms with Crippen LogP contribution in [0.15, 0.2) is 71.3 Å². The smallest absolute Gasteiger partial charge is 0.395 e. The van der Waals surface area contributed by atoms with Crippen LogP contribution < -0.4 is 0 Å². The van der Waals surface area contributed by atoms with E-state index < -0.39 is 11.7 Å². The summed E-state index contributed by atoms with van der Waals surface area (Å²) in [4.78, 5) is 6.15. The van der Waals surface area contributed by atoms with Crippen molar-refractivity contribution >= 4 is 0 Å². The van der Waals surface area contributed by atoms with Crippen molar-refractivity contribution in [2.75, 3.05) is 20.3 Å². The van der Waals surface area contributed by atoms with Gasteiger partial charge in [0.2, 0.25) is 5.82 Å². The van der Waals surface area contributed by atoms with Crippen LogP contribution in [0.2, 0.25) is 0 Å². The van der Waals surface area contributed by atoms with Crippen LogP contribution in [0.5, 0.6) is 0 Å². The Hall–Kier alpha value is -3.53. The number of nitrogens with zero attached hydrogens (tertiary/aromatic N) is 3. The SMILES string of the molecule is Cc1ccccc1-c1ccc(-c2nc(-c3ccc(CN(C)C(CO)CO)cc3)no2)cc1C(F)(F)F. The van der Waals surface area contributed by atoms with Crippen LogP contribution >= 0.6 is 0 Å². The Kier molecular flexibility index (Phi) is 7.53. The van der Waals surface area contributed by atoms with E-state index in [9.17, 15) is 23.4 Å². The summed E-state index contributed by atoms with van der Waals surface area (Å²) in [5.41, 5.74) is 2.34. The number of halogens is 3. The van der Waals surface area contributed by atoms with Crippen LogP contribution in [0.3, 0.4) is 0 Å². The third-order valence-corrected chi connectivity index (χ3v) is 6.12. The molecule has 0 amide bonds. The molecule has 36 heavy (non-hydrogen) atoms. The summed E-state index contributed by atoms with van der Waals surface area (Å²) in [5.74, 6) is 0.245. The van der Waals surface area contributed by atoms with Crippen molar-refractivity contribution < 1.29 is 27.9 Å². The van der Waals surface area contributed by atoms with Crippen molar-refractivity contribution in [2.24, 2.45) is 0 Å². The maximum absolute atomic E-state index is 14.0. The van der Waals surface area contributed by atoms with E-state index in [2.05, 4.69) is 10.1 Å². The summed E-state index contributed by atoms with van der Waals surface area (Å²) < 4.78 is 47.2. The summed E-state index contributed by atoms with van der Waals surface area (Å²) in [6, 6.07) is 17.9. The summed E-state index contributed by atoms with van der Waals surface area (Å²) in [6.07, 6.45) is -4.56. The number of rotatable bonds is 8. The third kappa shape index (κ3) is 5.48. The molecule has 0 radical (unpaired) electrons. The zero-order valence-electron chi connectivity index (χ0n) is 19.8. The third-order valence-electron chi connectivity index (χ3n) is 6.12. The van der Waals surface area contributed by atoms with Crippen LogP contribution in [-0.4, -0.2) is 51.6 Å². The molecule has 2 N–H and O–H groups in total. The largest absolute Gasteiger partial charge is 0.417 e. The minimum Gasteiger partial charge on any atom is -0.395 e. The van der Waals surface area contributed by atoms with E-state index in [0.717, 1.165) is 17.2 Å². The van der Waals surface area contributed by atoms with Gasteiger partial charge in [0, 0.05) is 17.7 Å². The Balaban J connectivity index is 1.60. The van der Waals surface area contributed by atoms with Gasteiger partial charge in [0.05, 0.1) is 24.8 Å².